The Labute approximate surface area is 149 Å². The van der Waals surface area contributed by atoms with Gasteiger partial charge in [0.1, 0.15) is 5.65 Å². The summed E-state index contributed by atoms with van der Waals surface area (Å²) in [5.74, 6) is 0.00366. The molecule has 0 spiro atoms. The van der Waals surface area contributed by atoms with Crippen molar-refractivity contribution in [3.05, 3.63) is 70.7 Å². The largest absolute Gasteiger partial charge is 0.368 e. The van der Waals surface area contributed by atoms with Gasteiger partial charge < -0.3 is 14.2 Å². The van der Waals surface area contributed by atoms with Crippen molar-refractivity contribution < 1.29 is 9.72 Å². The number of piperazine rings is 1. The fourth-order valence-electron chi connectivity index (χ4n) is 3.18. The molecule has 0 saturated carbocycles. The van der Waals surface area contributed by atoms with E-state index in [1.54, 1.807) is 30.6 Å². The highest BCUT2D eigenvalue weighted by Crippen LogP contribution is 2.21. The fourth-order valence-corrected chi connectivity index (χ4v) is 3.18. The van der Waals surface area contributed by atoms with Crippen molar-refractivity contribution in [2.75, 3.05) is 31.1 Å². The van der Waals surface area contributed by atoms with Crippen LogP contribution in [0.1, 0.15) is 10.4 Å². The molecule has 1 fully saturated rings. The van der Waals surface area contributed by atoms with Crippen LogP contribution in [0.25, 0.3) is 5.65 Å². The Kier molecular flexibility index (Phi) is 4.00. The SMILES string of the molecule is O=C(c1ccc2nccn2c1)N1CCN(c2ccc([N+](=O)[O-])cc2)CC1. The molecule has 132 valence electrons. The summed E-state index contributed by atoms with van der Waals surface area (Å²) in [7, 11) is 0. The second-order valence-electron chi connectivity index (χ2n) is 6.16. The smallest absolute Gasteiger partial charge is 0.269 e. The zero-order chi connectivity index (χ0) is 18.1. The first-order valence-corrected chi connectivity index (χ1v) is 8.33. The third kappa shape index (κ3) is 2.97. The van der Waals surface area contributed by atoms with Gasteiger partial charge in [-0.1, -0.05) is 0 Å². The molecule has 8 heteroatoms. The van der Waals surface area contributed by atoms with Crippen LogP contribution < -0.4 is 4.90 Å². The van der Waals surface area contributed by atoms with Gasteiger partial charge in [-0.25, -0.2) is 4.98 Å². The summed E-state index contributed by atoms with van der Waals surface area (Å²) in [6, 6.07) is 10.2. The molecule has 0 unspecified atom stereocenters. The van der Waals surface area contributed by atoms with Gasteiger partial charge in [-0.15, -0.1) is 0 Å². The van der Waals surface area contributed by atoms with Crippen molar-refractivity contribution in [1.82, 2.24) is 14.3 Å². The number of fused-ring (bicyclic) bond motifs is 1. The summed E-state index contributed by atoms with van der Waals surface area (Å²) in [6.45, 7) is 2.60. The molecule has 8 nitrogen and oxygen atoms in total. The van der Waals surface area contributed by atoms with E-state index in [4.69, 9.17) is 0 Å². The average Bonchev–Trinajstić information content (AvgIpc) is 3.15. The van der Waals surface area contributed by atoms with Gasteiger partial charge in [0.2, 0.25) is 0 Å². The summed E-state index contributed by atoms with van der Waals surface area (Å²) < 4.78 is 1.83. The molecule has 26 heavy (non-hydrogen) atoms. The summed E-state index contributed by atoms with van der Waals surface area (Å²) in [5.41, 5.74) is 2.46. The number of amides is 1. The maximum absolute atomic E-state index is 12.7. The number of aromatic nitrogens is 2. The van der Waals surface area contributed by atoms with Crippen LogP contribution >= 0.6 is 0 Å². The lowest BCUT2D eigenvalue weighted by molar-refractivity contribution is -0.384. The molecule has 1 aromatic carbocycles. The Morgan fingerprint density at radius 1 is 1.04 bits per heavy atom. The quantitative estimate of drug-likeness (QED) is 0.533. The van der Waals surface area contributed by atoms with E-state index >= 15 is 0 Å². The molecule has 0 aliphatic carbocycles. The standard InChI is InChI=1S/C18H17N5O3/c24-18(14-1-6-17-19-7-8-22(17)13-14)21-11-9-20(10-12-21)15-2-4-16(5-3-15)23(25)26/h1-8,13H,9-12H2. The number of hydrogen-bond donors (Lipinski definition) is 0. The van der Waals surface area contributed by atoms with Gasteiger partial charge in [0.15, 0.2) is 0 Å². The lowest BCUT2D eigenvalue weighted by Crippen LogP contribution is -2.48. The fraction of sp³-hybridized carbons (Fsp3) is 0.222. The van der Waals surface area contributed by atoms with Crippen LogP contribution in [0.5, 0.6) is 0 Å². The molecular weight excluding hydrogens is 334 g/mol. The van der Waals surface area contributed by atoms with Crippen molar-refractivity contribution in [3.63, 3.8) is 0 Å². The summed E-state index contributed by atoms with van der Waals surface area (Å²) in [6.07, 6.45) is 5.32. The molecule has 3 heterocycles. The first-order valence-electron chi connectivity index (χ1n) is 8.33. The number of nitro benzene ring substituents is 1. The van der Waals surface area contributed by atoms with Crippen LogP contribution in [-0.2, 0) is 0 Å². The van der Waals surface area contributed by atoms with Crippen LogP contribution in [0.3, 0.4) is 0 Å². The molecule has 1 saturated heterocycles. The number of hydrogen-bond acceptors (Lipinski definition) is 5. The van der Waals surface area contributed by atoms with E-state index in [1.807, 2.05) is 21.6 Å². The molecule has 4 rings (SSSR count). The van der Waals surface area contributed by atoms with Gasteiger partial charge in [0.05, 0.1) is 10.5 Å². The highest BCUT2D eigenvalue weighted by molar-refractivity contribution is 5.94. The Morgan fingerprint density at radius 2 is 1.77 bits per heavy atom. The summed E-state index contributed by atoms with van der Waals surface area (Å²) >= 11 is 0. The van der Waals surface area contributed by atoms with Crippen molar-refractivity contribution >= 4 is 22.9 Å². The van der Waals surface area contributed by atoms with Gasteiger partial charge in [-0.3, -0.25) is 14.9 Å². The van der Waals surface area contributed by atoms with Crippen molar-refractivity contribution in [2.24, 2.45) is 0 Å². The Morgan fingerprint density at radius 3 is 2.46 bits per heavy atom. The number of benzene rings is 1. The van der Waals surface area contributed by atoms with Crippen LogP contribution in [0.4, 0.5) is 11.4 Å². The molecule has 0 radical (unpaired) electrons. The van der Waals surface area contributed by atoms with E-state index in [-0.39, 0.29) is 11.6 Å². The zero-order valence-corrected chi connectivity index (χ0v) is 14.0. The zero-order valence-electron chi connectivity index (χ0n) is 14.0. The van der Waals surface area contributed by atoms with Crippen LogP contribution in [0, 0.1) is 10.1 Å². The second-order valence-corrected chi connectivity index (χ2v) is 6.16. The number of nitrogens with zero attached hydrogens (tertiary/aromatic N) is 5. The molecule has 2 aromatic heterocycles. The summed E-state index contributed by atoms with van der Waals surface area (Å²) in [4.78, 5) is 31.2. The minimum atomic E-state index is -0.405. The van der Waals surface area contributed by atoms with Crippen LogP contribution in [0.2, 0.25) is 0 Å². The van der Waals surface area contributed by atoms with Crippen molar-refractivity contribution in [3.8, 4) is 0 Å². The van der Waals surface area contributed by atoms with E-state index in [9.17, 15) is 14.9 Å². The van der Waals surface area contributed by atoms with E-state index < -0.39 is 4.92 Å². The van der Waals surface area contributed by atoms with Gasteiger partial charge >= 0.3 is 0 Å². The number of carbonyl (C=O) groups is 1. The Bertz CT molecular complexity index is 958. The number of non-ortho nitro benzene ring substituents is 1. The lowest BCUT2D eigenvalue weighted by atomic mass is 10.2. The molecule has 0 bridgehead atoms. The van der Waals surface area contributed by atoms with Gasteiger partial charge in [-0.2, -0.15) is 0 Å². The average molecular weight is 351 g/mol. The predicted molar refractivity (Wildman–Crippen MR) is 96.4 cm³/mol. The normalized spacial score (nSPS) is 14.6. The Balaban J connectivity index is 1.42. The third-order valence-corrected chi connectivity index (χ3v) is 4.63. The predicted octanol–water partition coefficient (Wildman–Crippen LogP) is 2.20. The van der Waals surface area contributed by atoms with Crippen molar-refractivity contribution in [2.45, 2.75) is 0 Å². The summed E-state index contributed by atoms with van der Waals surface area (Å²) in [5, 5.41) is 10.7. The first kappa shape index (κ1) is 16.1. The van der Waals surface area contributed by atoms with Crippen LogP contribution in [-0.4, -0.2) is 51.3 Å². The highest BCUT2D eigenvalue weighted by atomic mass is 16.6. The number of imidazole rings is 1. The number of carbonyl (C=O) groups excluding carboxylic acids is 1. The van der Waals surface area contributed by atoms with Gasteiger partial charge in [0.25, 0.3) is 11.6 Å². The van der Waals surface area contributed by atoms with Crippen LogP contribution in [0.15, 0.2) is 55.0 Å². The lowest BCUT2D eigenvalue weighted by Gasteiger charge is -2.36. The molecule has 3 aromatic rings. The number of pyridine rings is 1. The molecule has 0 atom stereocenters. The van der Waals surface area contributed by atoms with E-state index in [2.05, 4.69) is 9.88 Å². The molecule has 1 amide bonds. The molecular formula is C18H17N5O3. The van der Waals surface area contributed by atoms with Gasteiger partial charge in [0, 0.05) is 62.6 Å². The van der Waals surface area contributed by atoms with E-state index in [0.29, 0.717) is 31.7 Å². The topological polar surface area (TPSA) is 84.0 Å². The maximum Gasteiger partial charge on any atom is 0.269 e. The molecule has 0 N–H and O–H groups in total. The Hall–Kier alpha value is -3.42. The number of anilines is 1. The van der Waals surface area contributed by atoms with Crippen molar-refractivity contribution in [1.29, 1.82) is 0 Å². The molecule has 1 aliphatic heterocycles. The minimum Gasteiger partial charge on any atom is -0.368 e. The van der Waals surface area contributed by atoms with E-state index in [0.717, 1.165) is 11.3 Å². The van der Waals surface area contributed by atoms with E-state index in [1.165, 1.54) is 12.1 Å². The minimum absolute atomic E-state index is 0.00366. The highest BCUT2D eigenvalue weighted by Gasteiger charge is 2.23. The first-order chi connectivity index (χ1) is 12.6. The van der Waals surface area contributed by atoms with Gasteiger partial charge in [-0.05, 0) is 24.3 Å². The second kappa shape index (κ2) is 6.47. The maximum atomic E-state index is 12.7. The molecule has 1 aliphatic rings. The number of rotatable bonds is 3. The number of nitro groups is 1. The third-order valence-electron chi connectivity index (χ3n) is 4.63. The monoisotopic (exact) mass is 351 g/mol.